The van der Waals surface area contributed by atoms with E-state index in [0.717, 1.165) is 19.2 Å². The number of amides is 1. The van der Waals surface area contributed by atoms with Gasteiger partial charge in [0.05, 0.1) is 12.7 Å². The number of nitrogens with one attached hydrogen (secondary N) is 1. The first-order chi connectivity index (χ1) is 8.75. The Kier molecular flexibility index (Phi) is 4.52. The molecule has 1 atom stereocenters. The number of alkyl halides is 3. The van der Waals surface area contributed by atoms with Gasteiger partial charge in [-0.25, -0.2) is 4.79 Å². The molecule has 19 heavy (non-hydrogen) atoms. The van der Waals surface area contributed by atoms with Gasteiger partial charge in [-0.05, 0) is 24.6 Å². The zero-order valence-electron chi connectivity index (χ0n) is 10.2. The summed E-state index contributed by atoms with van der Waals surface area (Å²) in [5.74, 6) is -0.496. The molecule has 0 spiro atoms. The van der Waals surface area contributed by atoms with Crippen molar-refractivity contribution in [2.75, 3.05) is 7.11 Å². The van der Waals surface area contributed by atoms with Crippen LogP contribution in [-0.4, -0.2) is 19.0 Å². The first-order valence-electron chi connectivity index (χ1n) is 5.27. The monoisotopic (exact) mass is 275 g/mol. The molecule has 1 amide bonds. The van der Waals surface area contributed by atoms with Gasteiger partial charge in [0.2, 0.25) is 0 Å². The van der Waals surface area contributed by atoms with Gasteiger partial charge < -0.3 is 10.1 Å². The van der Waals surface area contributed by atoms with Crippen molar-refractivity contribution >= 4 is 11.9 Å². The number of hydrogen-bond donors (Lipinski definition) is 1. The summed E-state index contributed by atoms with van der Waals surface area (Å²) < 4.78 is 42.0. The Morgan fingerprint density at radius 2 is 1.95 bits per heavy atom. The normalized spacial score (nSPS) is 12.7. The van der Waals surface area contributed by atoms with Crippen LogP contribution in [0.15, 0.2) is 24.3 Å². The summed E-state index contributed by atoms with van der Waals surface area (Å²) >= 11 is 0. The Bertz CT molecular complexity index is 485. The molecule has 4 nitrogen and oxygen atoms in total. The summed E-state index contributed by atoms with van der Waals surface area (Å²) in [6.07, 6.45) is -5.40. The molecule has 0 radical (unpaired) electrons. The number of carbonyl (C=O) groups is 2. The van der Waals surface area contributed by atoms with Gasteiger partial charge in [-0.2, -0.15) is 13.2 Å². The summed E-state index contributed by atoms with van der Waals surface area (Å²) in [5.41, 5.74) is -0.837. The number of ketones is 1. The summed E-state index contributed by atoms with van der Waals surface area (Å²) in [6.45, 7) is 1.17. The fourth-order valence-electron chi connectivity index (χ4n) is 1.49. The zero-order valence-corrected chi connectivity index (χ0v) is 10.2. The zero-order chi connectivity index (χ0) is 14.6. The van der Waals surface area contributed by atoms with Crippen LogP contribution in [0.5, 0.6) is 0 Å². The van der Waals surface area contributed by atoms with Crippen LogP contribution in [0.4, 0.5) is 18.0 Å². The smallest absolute Gasteiger partial charge is 0.416 e. The second-order valence-electron chi connectivity index (χ2n) is 3.80. The van der Waals surface area contributed by atoms with Crippen molar-refractivity contribution in [3.8, 4) is 0 Å². The largest absolute Gasteiger partial charge is 0.453 e. The third-order valence-corrected chi connectivity index (χ3v) is 2.40. The molecule has 0 saturated heterocycles. The summed E-state index contributed by atoms with van der Waals surface area (Å²) in [5, 5.41) is 2.18. The van der Waals surface area contributed by atoms with Crippen LogP contribution in [0.25, 0.3) is 0 Å². The summed E-state index contributed by atoms with van der Waals surface area (Å²) in [6, 6.07) is 3.04. The van der Waals surface area contributed by atoms with E-state index in [2.05, 4.69) is 10.1 Å². The molecule has 1 unspecified atom stereocenters. The highest BCUT2D eigenvalue weighted by atomic mass is 19.4. The van der Waals surface area contributed by atoms with Crippen molar-refractivity contribution in [2.24, 2.45) is 0 Å². The Balaban J connectivity index is 3.10. The molecule has 1 aromatic carbocycles. The minimum Gasteiger partial charge on any atom is -0.453 e. The summed E-state index contributed by atoms with van der Waals surface area (Å²) in [7, 11) is 1.10. The third kappa shape index (κ3) is 3.97. The second kappa shape index (κ2) is 5.73. The van der Waals surface area contributed by atoms with Crippen molar-refractivity contribution < 1.29 is 27.5 Å². The lowest BCUT2D eigenvalue weighted by Gasteiger charge is -2.17. The lowest BCUT2D eigenvalue weighted by Crippen LogP contribution is -2.32. The van der Waals surface area contributed by atoms with Crippen molar-refractivity contribution in [3.05, 3.63) is 35.4 Å². The van der Waals surface area contributed by atoms with Crippen LogP contribution in [0.1, 0.15) is 24.1 Å². The minimum atomic E-state index is -4.51. The molecule has 0 aromatic heterocycles. The molecule has 1 rings (SSSR count). The topological polar surface area (TPSA) is 55.4 Å². The van der Waals surface area contributed by atoms with Crippen LogP contribution in [0.2, 0.25) is 0 Å². The van der Waals surface area contributed by atoms with E-state index in [1.54, 1.807) is 0 Å². The molecule has 1 N–H and O–H groups in total. The quantitative estimate of drug-likeness (QED) is 0.922. The summed E-state index contributed by atoms with van der Waals surface area (Å²) in [4.78, 5) is 22.5. The van der Waals surface area contributed by atoms with Crippen molar-refractivity contribution in [1.82, 2.24) is 5.32 Å². The molecule has 104 valence electrons. The average Bonchev–Trinajstić information content (AvgIpc) is 2.34. The Labute approximate surface area is 107 Å². The van der Waals surface area contributed by atoms with Gasteiger partial charge in [0.1, 0.15) is 6.04 Å². The third-order valence-electron chi connectivity index (χ3n) is 2.40. The van der Waals surface area contributed by atoms with Gasteiger partial charge in [-0.3, -0.25) is 4.79 Å². The van der Waals surface area contributed by atoms with Crippen LogP contribution in [0, 0.1) is 0 Å². The maximum Gasteiger partial charge on any atom is 0.416 e. The number of halogens is 3. The standard InChI is InChI=1S/C12H12F3NO3/c1-7(17)10(16-11(18)19-2)8-4-3-5-9(6-8)12(13,14)15/h3-6,10H,1-2H3,(H,16,18). The number of Topliss-reactive ketones (excluding diaryl/α,β-unsaturated/α-hetero) is 1. The molecular weight excluding hydrogens is 263 g/mol. The number of rotatable bonds is 3. The van der Waals surface area contributed by atoms with E-state index in [4.69, 9.17) is 0 Å². The fourth-order valence-corrected chi connectivity index (χ4v) is 1.49. The molecule has 0 fully saturated rings. The van der Waals surface area contributed by atoms with Crippen LogP contribution >= 0.6 is 0 Å². The maximum atomic E-state index is 12.6. The number of benzene rings is 1. The van der Waals surface area contributed by atoms with E-state index in [-0.39, 0.29) is 5.56 Å². The number of carbonyl (C=O) groups excluding carboxylic acids is 2. The molecule has 0 aliphatic heterocycles. The Morgan fingerprint density at radius 3 is 2.42 bits per heavy atom. The fraction of sp³-hybridized carbons (Fsp3) is 0.333. The van der Waals surface area contributed by atoms with E-state index >= 15 is 0 Å². The van der Waals surface area contributed by atoms with Gasteiger partial charge in [-0.15, -0.1) is 0 Å². The SMILES string of the molecule is COC(=O)NC(C(C)=O)c1cccc(C(F)(F)F)c1. The lowest BCUT2D eigenvalue weighted by molar-refractivity contribution is -0.137. The second-order valence-corrected chi connectivity index (χ2v) is 3.80. The molecule has 0 aliphatic carbocycles. The average molecular weight is 275 g/mol. The maximum absolute atomic E-state index is 12.6. The van der Waals surface area contributed by atoms with E-state index in [1.165, 1.54) is 19.1 Å². The van der Waals surface area contributed by atoms with Crippen LogP contribution in [-0.2, 0) is 15.7 Å². The van der Waals surface area contributed by atoms with E-state index in [0.29, 0.717) is 0 Å². The minimum absolute atomic E-state index is 0.0488. The number of methoxy groups -OCH3 is 1. The lowest BCUT2D eigenvalue weighted by atomic mass is 10.0. The van der Waals surface area contributed by atoms with Gasteiger partial charge in [0, 0.05) is 0 Å². The van der Waals surface area contributed by atoms with Gasteiger partial charge >= 0.3 is 12.3 Å². The number of alkyl carbamates (subject to hydrolysis) is 1. The molecular formula is C12H12F3NO3. The molecule has 0 heterocycles. The highest BCUT2D eigenvalue weighted by Crippen LogP contribution is 2.30. The predicted octanol–water partition coefficient (Wildman–Crippen LogP) is 2.69. The predicted molar refractivity (Wildman–Crippen MR) is 60.4 cm³/mol. The Hall–Kier alpha value is -2.05. The first-order valence-corrected chi connectivity index (χ1v) is 5.27. The van der Waals surface area contributed by atoms with E-state index in [1.807, 2.05) is 0 Å². The van der Waals surface area contributed by atoms with Gasteiger partial charge in [0.15, 0.2) is 5.78 Å². The first kappa shape index (κ1) is 15.0. The Morgan fingerprint density at radius 1 is 1.32 bits per heavy atom. The van der Waals surface area contributed by atoms with E-state index in [9.17, 15) is 22.8 Å². The number of hydrogen-bond acceptors (Lipinski definition) is 3. The highest BCUT2D eigenvalue weighted by Gasteiger charge is 2.31. The van der Waals surface area contributed by atoms with Crippen molar-refractivity contribution in [2.45, 2.75) is 19.1 Å². The van der Waals surface area contributed by atoms with Crippen molar-refractivity contribution in [1.29, 1.82) is 0 Å². The van der Waals surface area contributed by atoms with Gasteiger partial charge in [0.25, 0.3) is 0 Å². The van der Waals surface area contributed by atoms with Gasteiger partial charge in [-0.1, -0.05) is 12.1 Å². The van der Waals surface area contributed by atoms with E-state index < -0.39 is 29.7 Å². The molecule has 0 bridgehead atoms. The highest BCUT2D eigenvalue weighted by molar-refractivity contribution is 5.86. The van der Waals surface area contributed by atoms with Crippen LogP contribution < -0.4 is 5.32 Å². The van der Waals surface area contributed by atoms with Crippen molar-refractivity contribution in [3.63, 3.8) is 0 Å². The number of ether oxygens (including phenoxy) is 1. The molecule has 0 saturated carbocycles. The van der Waals surface area contributed by atoms with Crippen LogP contribution in [0.3, 0.4) is 0 Å². The molecule has 1 aromatic rings. The molecule has 0 aliphatic rings. The molecule has 7 heteroatoms.